The van der Waals surface area contributed by atoms with Crippen molar-refractivity contribution in [2.75, 3.05) is 5.32 Å². The van der Waals surface area contributed by atoms with Gasteiger partial charge in [-0.15, -0.1) is 0 Å². The van der Waals surface area contributed by atoms with Crippen LogP contribution >= 0.6 is 0 Å². The first-order valence-corrected chi connectivity index (χ1v) is 6.79. The number of amides is 1. The Morgan fingerprint density at radius 3 is 2.70 bits per heavy atom. The van der Waals surface area contributed by atoms with Crippen molar-refractivity contribution in [1.29, 1.82) is 0 Å². The molecule has 1 aromatic heterocycles. The lowest BCUT2D eigenvalue weighted by Crippen LogP contribution is -2.40. The second-order valence-corrected chi connectivity index (χ2v) is 4.88. The van der Waals surface area contributed by atoms with E-state index in [-0.39, 0.29) is 11.8 Å². The van der Waals surface area contributed by atoms with Crippen molar-refractivity contribution in [3.05, 3.63) is 42.6 Å². The van der Waals surface area contributed by atoms with Crippen LogP contribution in [-0.4, -0.2) is 21.7 Å². The van der Waals surface area contributed by atoms with E-state index in [0.29, 0.717) is 5.82 Å². The molecule has 0 aliphatic carbocycles. The molecule has 1 aromatic carbocycles. The number of anilines is 1. The topological polar surface area (TPSA) is 72.9 Å². The highest BCUT2D eigenvalue weighted by Gasteiger charge is 2.20. The molecule has 5 nitrogen and oxygen atoms in total. The molecule has 2 rings (SSSR count). The number of hydrogen-bond acceptors (Lipinski definition) is 3. The molecule has 0 spiro atoms. The van der Waals surface area contributed by atoms with Crippen molar-refractivity contribution < 1.29 is 4.79 Å². The van der Waals surface area contributed by atoms with Crippen LogP contribution in [0.1, 0.15) is 20.3 Å². The van der Waals surface area contributed by atoms with Gasteiger partial charge >= 0.3 is 0 Å². The second kappa shape index (κ2) is 6.34. The Morgan fingerprint density at radius 2 is 2.05 bits per heavy atom. The summed E-state index contributed by atoms with van der Waals surface area (Å²) in [6, 6.07) is 11.0. The second-order valence-electron chi connectivity index (χ2n) is 4.88. The van der Waals surface area contributed by atoms with Crippen LogP contribution in [0.3, 0.4) is 0 Å². The third kappa shape index (κ3) is 3.24. The van der Waals surface area contributed by atoms with Crippen LogP contribution in [0.5, 0.6) is 0 Å². The van der Waals surface area contributed by atoms with Gasteiger partial charge in [0.1, 0.15) is 0 Å². The van der Waals surface area contributed by atoms with Crippen LogP contribution in [0.4, 0.5) is 5.82 Å². The third-order valence-corrected chi connectivity index (χ3v) is 3.42. The Labute approximate surface area is 118 Å². The van der Waals surface area contributed by atoms with Gasteiger partial charge in [0.25, 0.3) is 0 Å². The van der Waals surface area contributed by atoms with Gasteiger partial charge in [0.15, 0.2) is 5.82 Å². The minimum absolute atomic E-state index is 0.145. The summed E-state index contributed by atoms with van der Waals surface area (Å²) in [7, 11) is 0. The maximum atomic E-state index is 12.0. The van der Waals surface area contributed by atoms with Crippen LogP contribution in [0.2, 0.25) is 0 Å². The standard InChI is InChI=1S/C15H20N4O/c1-3-11(2)14(16)15(20)17-13-9-10-19(18-13)12-7-5-4-6-8-12/h4-11,14H,3,16H2,1-2H3,(H,17,18,20). The van der Waals surface area contributed by atoms with Crippen molar-refractivity contribution >= 4 is 11.7 Å². The Kier molecular flexibility index (Phi) is 4.53. The van der Waals surface area contributed by atoms with Gasteiger partial charge in [0.2, 0.25) is 5.91 Å². The van der Waals surface area contributed by atoms with Crippen molar-refractivity contribution in [1.82, 2.24) is 9.78 Å². The average molecular weight is 272 g/mol. The van der Waals surface area contributed by atoms with E-state index < -0.39 is 6.04 Å². The van der Waals surface area contributed by atoms with E-state index in [1.807, 2.05) is 44.2 Å². The van der Waals surface area contributed by atoms with Gasteiger partial charge in [0, 0.05) is 12.3 Å². The quantitative estimate of drug-likeness (QED) is 0.876. The fourth-order valence-corrected chi connectivity index (χ4v) is 1.84. The monoisotopic (exact) mass is 272 g/mol. The van der Waals surface area contributed by atoms with Crippen LogP contribution in [0.15, 0.2) is 42.6 Å². The SMILES string of the molecule is CCC(C)C(N)C(=O)Nc1ccn(-c2ccccc2)n1. The molecule has 1 heterocycles. The molecule has 20 heavy (non-hydrogen) atoms. The minimum atomic E-state index is -0.512. The fourth-order valence-electron chi connectivity index (χ4n) is 1.84. The lowest BCUT2D eigenvalue weighted by Gasteiger charge is -2.16. The zero-order valence-electron chi connectivity index (χ0n) is 11.8. The summed E-state index contributed by atoms with van der Waals surface area (Å²) >= 11 is 0. The first-order valence-electron chi connectivity index (χ1n) is 6.79. The molecule has 0 aliphatic heterocycles. The summed E-state index contributed by atoms with van der Waals surface area (Å²) in [6.07, 6.45) is 2.67. The van der Waals surface area contributed by atoms with Crippen molar-refractivity contribution in [2.24, 2.45) is 11.7 Å². The largest absolute Gasteiger partial charge is 0.320 e. The smallest absolute Gasteiger partial charge is 0.242 e. The predicted molar refractivity (Wildman–Crippen MR) is 79.6 cm³/mol. The number of nitrogens with one attached hydrogen (secondary N) is 1. The zero-order chi connectivity index (χ0) is 14.5. The predicted octanol–water partition coefficient (Wildman–Crippen LogP) is 2.18. The Balaban J connectivity index is 2.05. The molecule has 0 bridgehead atoms. The van der Waals surface area contributed by atoms with Crippen LogP contribution < -0.4 is 11.1 Å². The molecular weight excluding hydrogens is 252 g/mol. The lowest BCUT2D eigenvalue weighted by atomic mass is 9.99. The van der Waals surface area contributed by atoms with E-state index >= 15 is 0 Å². The Morgan fingerprint density at radius 1 is 1.35 bits per heavy atom. The molecule has 0 saturated carbocycles. The molecular formula is C15H20N4O. The molecule has 106 valence electrons. The van der Waals surface area contributed by atoms with E-state index in [1.54, 1.807) is 16.9 Å². The van der Waals surface area contributed by atoms with Gasteiger partial charge in [0.05, 0.1) is 11.7 Å². The first kappa shape index (κ1) is 14.3. The highest BCUT2D eigenvalue weighted by molar-refractivity contribution is 5.94. The van der Waals surface area contributed by atoms with E-state index in [0.717, 1.165) is 12.1 Å². The summed E-state index contributed by atoms with van der Waals surface area (Å²) in [5, 5.41) is 7.07. The molecule has 0 radical (unpaired) electrons. The molecule has 0 aliphatic rings. The maximum Gasteiger partial charge on any atom is 0.242 e. The first-order chi connectivity index (χ1) is 9.61. The number of hydrogen-bond donors (Lipinski definition) is 2. The third-order valence-electron chi connectivity index (χ3n) is 3.42. The minimum Gasteiger partial charge on any atom is -0.320 e. The Bertz CT molecular complexity index is 564. The lowest BCUT2D eigenvalue weighted by molar-refractivity contribution is -0.118. The van der Waals surface area contributed by atoms with Gasteiger partial charge < -0.3 is 11.1 Å². The Hall–Kier alpha value is -2.14. The summed E-state index contributed by atoms with van der Waals surface area (Å²) in [6.45, 7) is 3.98. The molecule has 1 amide bonds. The number of carbonyl (C=O) groups is 1. The maximum absolute atomic E-state index is 12.0. The van der Waals surface area contributed by atoms with Crippen molar-refractivity contribution in [3.63, 3.8) is 0 Å². The summed E-state index contributed by atoms with van der Waals surface area (Å²) < 4.78 is 1.71. The molecule has 2 atom stereocenters. The molecule has 5 heteroatoms. The highest BCUT2D eigenvalue weighted by Crippen LogP contribution is 2.12. The normalized spacial score (nSPS) is 13.8. The molecule has 2 aromatic rings. The fraction of sp³-hybridized carbons (Fsp3) is 0.333. The van der Waals surface area contributed by atoms with Gasteiger partial charge in [-0.25, -0.2) is 4.68 Å². The number of rotatable bonds is 5. The molecule has 2 unspecified atom stereocenters. The van der Waals surface area contributed by atoms with Gasteiger partial charge in [-0.2, -0.15) is 5.10 Å². The zero-order valence-corrected chi connectivity index (χ0v) is 11.8. The van der Waals surface area contributed by atoms with Gasteiger partial charge in [-0.3, -0.25) is 4.79 Å². The molecule has 3 N–H and O–H groups in total. The number of benzene rings is 1. The van der Waals surface area contributed by atoms with Crippen LogP contribution in [0.25, 0.3) is 5.69 Å². The van der Waals surface area contributed by atoms with E-state index in [1.165, 1.54) is 0 Å². The van der Waals surface area contributed by atoms with E-state index in [2.05, 4.69) is 10.4 Å². The van der Waals surface area contributed by atoms with Crippen LogP contribution in [0, 0.1) is 5.92 Å². The van der Waals surface area contributed by atoms with Crippen LogP contribution in [-0.2, 0) is 4.79 Å². The molecule has 0 saturated heterocycles. The van der Waals surface area contributed by atoms with Gasteiger partial charge in [-0.05, 0) is 18.1 Å². The molecule has 0 fully saturated rings. The number of nitrogens with zero attached hydrogens (tertiary/aromatic N) is 2. The number of para-hydroxylation sites is 1. The van der Waals surface area contributed by atoms with Gasteiger partial charge in [-0.1, -0.05) is 38.5 Å². The number of carbonyl (C=O) groups excluding carboxylic acids is 1. The van der Waals surface area contributed by atoms with E-state index in [9.17, 15) is 4.79 Å². The number of aromatic nitrogens is 2. The summed E-state index contributed by atoms with van der Waals surface area (Å²) in [4.78, 5) is 12.0. The number of nitrogens with two attached hydrogens (primary N) is 1. The average Bonchev–Trinajstić information content (AvgIpc) is 2.95. The highest BCUT2D eigenvalue weighted by atomic mass is 16.2. The summed E-state index contributed by atoms with van der Waals surface area (Å²) in [5.41, 5.74) is 6.83. The van der Waals surface area contributed by atoms with Crippen molar-refractivity contribution in [2.45, 2.75) is 26.3 Å². The van der Waals surface area contributed by atoms with Crippen molar-refractivity contribution in [3.8, 4) is 5.69 Å². The summed E-state index contributed by atoms with van der Waals surface area (Å²) in [5.74, 6) is 0.460. The van der Waals surface area contributed by atoms with E-state index in [4.69, 9.17) is 5.73 Å².